The molecule has 0 spiro atoms. The summed E-state index contributed by atoms with van der Waals surface area (Å²) in [5.41, 5.74) is 2.00. The van der Waals surface area contributed by atoms with Crippen LogP contribution in [0.4, 0.5) is 0 Å². The van der Waals surface area contributed by atoms with Gasteiger partial charge in [0, 0.05) is 12.1 Å². The van der Waals surface area contributed by atoms with E-state index in [0.29, 0.717) is 13.2 Å². The first-order chi connectivity index (χ1) is 9.28. The first kappa shape index (κ1) is 12.5. The van der Waals surface area contributed by atoms with Gasteiger partial charge >= 0.3 is 0 Å². The molecule has 3 rings (SSSR count). The number of ether oxygens (including phenoxy) is 2. The summed E-state index contributed by atoms with van der Waals surface area (Å²) in [6, 6.07) is 5.84. The summed E-state index contributed by atoms with van der Waals surface area (Å²) in [4.78, 5) is 7.76. The molecule has 0 unspecified atom stereocenters. The van der Waals surface area contributed by atoms with Crippen molar-refractivity contribution in [2.75, 3.05) is 20.3 Å². The first-order valence-corrected chi connectivity index (χ1v) is 6.86. The van der Waals surface area contributed by atoms with E-state index in [1.54, 1.807) is 0 Å². The Hall–Kier alpha value is -1.53. The molecule has 0 saturated carbocycles. The smallest absolute Gasteiger partial charge is 0.162 e. The average molecular weight is 324 g/mol. The van der Waals surface area contributed by atoms with Crippen LogP contribution in [0.2, 0.25) is 0 Å². The lowest BCUT2D eigenvalue weighted by atomic mass is 10.2. The molecule has 2 N–H and O–H groups in total. The van der Waals surface area contributed by atoms with Gasteiger partial charge < -0.3 is 19.8 Å². The van der Waals surface area contributed by atoms with Crippen LogP contribution in [-0.2, 0) is 6.54 Å². The number of nitrogens with zero attached hydrogens (tertiary/aromatic N) is 1. The molecule has 1 aliphatic rings. The molecule has 0 aliphatic carbocycles. The molecule has 6 heteroatoms. The number of aromatic amines is 1. The van der Waals surface area contributed by atoms with E-state index < -0.39 is 0 Å². The fourth-order valence-electron chi connectivity index (χ4n) is 2.01. The molecule has 2 aromatic rings. The van der Waals surface area contributed by atoms with E-state index >= 15 is 0 Å². The molecule has 1 aliphatic heterocycles. The Labute approximate surface area is 119 Å². The van der Waals surface area contributed by atoms with Crippen LogP contribution < -0.4 is 14.8 Å². The highest BCUT2D eigenvalue weighted by Crippen LogP contribution is 2.34. The Bertz CT molecular complexity index is 598. The number of aromatic nitrogens is 2. The summed E-state index contributed by atoms with van der Waals surface area (Å²) in [5.74, 6) is 2.37. The summed E-state index contributed by atoms with van der Waals surface area (Å²) < 4.78 is 11.9. The summed E-state index contributed by atoms with van der Waals surface area (Å²) in [7, 11) is 1.90. The van der Waals surface area contributed by atoms with Crippen LogP contribution >= 0.6 is 15.9 Å². The number of halogens is 1. The predicted octanol–water partition coefficient (Wildman–Crippen LogP) is 2.33. The van der Waals surface area contributed by atoms with Crippen LogP contribution in [0.25, 0.3) is 11.4 Å². The molecule has 100 valence electrons. The number of nitrogens with one attached hydrogen (secondary N) is 2. The van der Waals surface area contributed by atoms with E-state index in [2.05, 4.69) is 31.2 Å². The molecular weight excluding hydrogens is 310 g/mol. The quantitative estimate of drug-likeness (QED) is 0.910. The number of rotatable bonds is 3. The second kappa shape index (κ2) is 5.22. The van der Waals surface area contributed by atoms with Crippen molar-refractivity contribution in [1.82, 2.24) is 15.3 Å². The van der Waals surface area contributed by atoms with Crippen LogP contribution in [0.1, 0.15) is 5.69 Å². The van der Waals surface area contributed by atoms with Gasteiger partial charge in [-0.05, 0) is 41.2 Å². The Balaban J connectivity index is 1.95. The number of hydrogen-bond donors (Lipinski definition) is 2. The Kier molecular flexibility index (Phi) is 3.44. The van der Waals surface area contributed by atoms with E-state index in [-0.39, 0.29) is 0 Å². The fraction of sp³-hybridized carbons (Fsp3) is 0.308. The molecule has 0 amide bonds. The molecule has 1 aromatic carbocycles. The number of hydrogen-bond acceptors (Lipinski definition) is 4. The van der Waals surface area contributed by atoms with Crippen LogP contribution in [-0.4, -0.2) is 30.2 Å². The van der Waals surface area contributed by atoms with Crippen molar-refractivity contribution in [2.45, 2.75) is 6.54 Å². The highest BCUT2D eigenvalue weighted by atomic mass is 79.9. The third-order valence-corrected chi connectivity index (χ3v) is 3.55. The fourth-order valence-corrected chi connectivity index (χ4v) is 2.43. The minimum absolute atomic E-state index is 0.587. The van der Waals surface area contributed by atoms with Gasteiger partial charge in [-0.1, -0.05) is 0 Å². The number of benzene rings is 1. The van der Waals surface area contributed by atoms with Crippen LogP contribution in [0.5, 0.6) is 11.5 Å². The van der Waals surface area contributed by atoms with Crippen molar-refractivity contribution in [3.8, 4) is 22.9 Å². The minimum atomic E-state index is 0.587. The Morgan fingerprint density at radius 1 is 1.32 bits per heavy atom. The van der Waals surface area contributed by atoms with Crippen molar-refractivity contribution in [3.05, 3.63) is 28.5 Å². The average Bonchev–Trinajstić information content (AvgIpc) is 2.80. The Morgan fingerprint density at radius 3 is 2.89 bits per heavy atom. The summed E-state index contributed by atoms with van der Waals surface area (Å²) in [5, 5.41) is 3.09. The zero-order chi connectivity index (χ0) is 13.2. The Morgan fingerprint density at radius 2 is 2.11 bits per heavy atom. The summed E-state index contributed by atoms with van der Waals surface area (Å²) >= 11 is 3.45. The topological polar surface area (TPSA) is 59.2 Å². The number of H-pyrrole nitrogens is 1. The molecule has 0 bridgehead atoms. The van der Waals surface area contributed by atoms with Crippen molar-refractivity contribution >= 4 is 15.9 Å². The molecule has 5 nitrogen and oxygen atoms in total. The number of imidazole rings is 1. The highest BCUT2D eigenvalue weighted by molar-refractivity contribution is 9.10. The maximum atomic E-state index is 5.58. The van der Waals surface area contributed by atoms with Gasteiger partial charge in [-0.25, -0.2) is 4.98 Å². The van der Waals surface area contributed by atoms with Crippen LogP contribution in [0, 0.1) is 0 Å². The zero-order valence-corrected chi connectivity index (χ0v) is 12.1. The molecule has 19 heavy (non-hydrogen) atoms. The highest BCUT2D eigenvalue weighted by Gasteiger charge is 2.15. The third kappa shape index (κ3) is 2.46. The van der Waals surface area contributed by atoms with Gasteiger partial charge in [0.15, 0.2) is 11.5 Å². The van der Waals surface area contributed by atoms with Gasteiger partial charge in [-0.15, -0.1) is 0 Å². The van der Waals surface area contributed by atoms with Gasteiger partial charge in [0.2, 0.25) is 0 Å². The van der Waals surface area contributed by atoms with Gasteiger partial charge in [0.1, 0.15) is 23.6 Å². The predicted molar refractivity (Wildman–Crippen MR) is 75.5 cm³/mol. The molecule has 1 aromatic heterocycles. The van der Waals surface area contributed by atoms with Crippen LogP contribution in [0.15, 0.2) is 22.8 Å². The van der Waals surface area contributed by atoms with Gasteiger partial charge in [0.25, 0.3) is 0 Å². The lowest BCUT2D eigenvalue weighted by Gasteiger charge is -2.18. The van der Waals surface area contributed by atoms with Crippen molar-refractivity contribution < 1.29 is 9.47 Å². The van der Waals surface area contributed by atoms with Crippen molar-refractivity contribution in [2.24, 2.45) is 0 Å². The second-order valence-electron chi connectivity index (χ2n) is 4.24. The van der Waals surface area contributed by atoms with Gasteiger partial charge in [0.05, 0.1) is 5.69 Å². The SMILES string of the molecule is CNCc1[nH]c(-c2ccc3c(c2)OCCO3)nc1Br. The molecular formula is C13H14BrN3O2. The van der Waals surface area contributed by atoms with Gasteiger partial charge in [-0.2, -0.15) is 0 Å². The number of fused-ring (bicyclic) bond motifs is 1. The van der Waals surface area contributed by atoms with Gasteiger partial charge in [-0.3, -0.25) is 0 Å². The van der Waals surface area contributed by atoms with E-state index in [0.717, 1.165) is 39.7 Å². The van der Waals surface area contributed by atoms with E-state index in [4.69, 9.17) is 9.47 Å². The lowest BCUT2D eigenvalue weighted by molar-refractivity contribution is 0.171. The van der Waals surface area contributed by atoms with E-state index in [1.807, 2.05) is 25.2 Å². The van der Waals surface area contributed by atoms with E-state index in [1.165, 1.54) is 0 Å². The molecule has 0 saturated heterocycles. The first-order valence-electron chi connectivity index (χ1n) is 6.07. The molecule has 0 fully saturated rings. The largest absolute Gasteiger partial charge is 0.486 e. The minimum Gasteiger partial charge on any atom is -0.486 e. The lowest BCUT2D eigenvalue weighted by Crippen LogP contribution is -2.15. The third-order valence-electron chi connectivity index (χ3n) is 2.90. The second-order valence-corrected chi connectivity index (χ2v) is 4.99. The van der Waals surface area contributed by atoms with Crippen LogP contribution in [0.3, 0.4) is 0 Å². The standard InChI is InChI=1S/C13H14BrN3O2/c1-15-7-9-12(14)17-13(16-9)8-2-3-10-11(6-8)19-5-4-18-10/h2-3,6,15H,4-5,7H2,1H3,(H,16,17). The summed E-state index contributed by atoms with van der Waals surface area (Å²) in [6.45, 7) is 1.92. The zero-order valence-electron chi connectivity index (χ0n) is 10.5. The summed E-state index contributed by atoms with van der Waals surface area (Å²) in [6.07, 6.45) is 0. The molecule has 2 heterocycles. The van der Waals surface area contributed by atoms with E-state index in [9.17, 15) is 0 Å². The maximum Gasteiger partial charge on any atom is 0.162 e. The monoisotopic (exact) mass is 323 g/mol. The molecule has 0 radical (unpaired) electrons. The molecule has 0 atom stereocenters. The maximum absolute atomic E-state index is 5.58. The van der Waals surface area contributed by atoms with Crippen molar-refractivity contribution in [1.29, 1.82) is 0 Å². The normalized spacial score (nSPS) is 13.6. The van der Waals surface area contributed by atoms with Crippen molar-refractivity contribution in [3.63, 3.8) is 0 Å².